The van der Waals surface area contributed by atoms with Crippen LogP contribution in [0.3, 0.4) is 0 Å². The molecule has 494 valence electrons. The van der Waals surface area contributed by atoms with Crippen molar-refractivity contribution < 1.29 is 39.5 Å². The van der Waals surface area contributed by atoms with E-state index in [4.69, 9.17) is 9.47 Å². The van der Waals surface area contributed by atoms with Crippen LogP contribution in [-0.2, 0) is 57.8 Å². The van der Waals surface area contributed by atoms with Crippen molar-refractivity contribution in [1.82, 2.24) is 5.32 Å². The van der Waals surface area contributed by atoms with Gasteiger partial charge in [0, 0.05) is 51.7 Å². The molecule has 0 radical (unpaired) electrons. The van der Waals surface area contributed by atoms with E-state index >= 15 is 20.1 Å². The second-order valence-electron chi connectivity index (χ2n) is 35.4. The summed E-state index contributed by atoms with van der Waals surface area (Å²) in [6.45, 7) is 2.42. The van der Waals surface area contributed by atoms with Gasteiger partial charge in [0.2, 0.25) is 0 Å². The van der Waals surface area contributed by atoms with E-state index in [9.17, 15) is 9.90 Å². The van der Waals surface area contributed by atoms with Gasteiger partial charge in [-0.3, -0.25) is 0 Å². The van der Waals surface area contributed by atoms with E-state index < -0.39 is 56.4 Å². The van der Waals surface area contributed by atoms with E-state index in [-0.39, 0.29) is 78.7 Å². The summed E-state index contributed by atoms with van der Waals surface area (Å²) >= 11 is 0. The van der Waals surface area contributed by atoms with Crippen LogP contribution in [0.25, 0.3) is 0 Å². The lowest BCUT2D eigenvalue weighted by atomic mass is 9.32. The number of benzene rings is 4. The molecule has 3 aliphatic heterocycles. The predicted molar refractivity (Wildman–Crippen MR) is 361 cm³/mol. The first kappa shape index (κ1) is 60.3. The highest BCUT2D eigenvalue weighted by Crippen LogP contribution is 2.82. The molecule has 4 aromatic carbocycles. The molecule has 5 N–H and O–H groups in total. The summed E-state index contributed by atoms with van der Waals surface area (Å²) in [6, 6.07) is 34.5. The van der Waals surface area contributed by atoms with Gasteiger partial charge >= 0.3 is 5.97 Å². The van der Waals surface area contributed by atoms with E-state index in [0.29, 0.717) is 86.9 Å². The Morgan fingerprint density at radius 1 is 0.681 bits per heavy atom. The van der Waals surface area contributed by atoms with Crippen LogP contribution in [-0.4, -0.2) is 80.9 Å². The fraction of sp³-hybridized carbons (Fsp3) is 0.647. The average Bonchev–Trinajstić information content (AvgIpc) is 1.25. The molecule has 0 amide bonds. The SMILES string of the molecule is CN[C@H]1Cc2c(cccc2CO)C#C[C@@]23CC[C@H](Cc4cccc(c4)Cc4cccc(c4)[C@H]4CC[C@H]5[C@@H](C4)C[C@H]4C[C@@H]6Cc7cccc(c7)C[C@H]7CC[C@H](C7)[C@@H](C)[C@@H]7CC[C@@H]8[C@@H](O6)[C@@]45C[C@]4(C=O)[C@H]5CC[C@]6(C2)[C@H]2C9=CC(=O)O[C@H]9[C@@H]1C[C@@H]2C[C@]6(O)[C@]5(O)C[C@@H](C7)[C@]84O)C3. The number of aldehydes is 1. The lowest BCUT2D eigenvalue weighted by Crippen LogP contribution is -2.83. The molecule has 9 heteroatoms. The maximum atomic E-state index is 16.3. The van der Waals surface area contributed by atoms with Gasteiger partial charge in [-0.15, -0.1) is 0 Å². The third-order valence-electron chi connectivity index (χ3n) is 31.9. The first-order valence-corrected chi connectivity index (χ1v) is 38.0. The van der Waals surface area contributed by atoms with Crippen LogP contribution in [0, 0.1) is 116 Å². The third kappa shape index (κ3) is 8.40. The summed E-state index contributed by atoms with van der Waals surface area (Å²) in [5.74, 6) is 9.22. The Morgan fingerprint density at radius 2 is 1.43 bits per heavy atom. The Bertz CT molecular complexity index is 3840. The van der Waals surface area contributed by atoms with Gasteiger partial charge in [0.15, 0.2) is 0 Å². The van der Waals surface area contributed by atoms with Crippen LogP contribution in [0.5, 0.6) is 0 Å². The summed E-state index contributed by atoms with van der Waals surface area (Å²) in [5, 5.41) is 62.0. The van der Waals surface area contributed by atoms with Crippen molar-refractivity contribution in [2.24, 2.45) is 105 Å². The Hall–Kier alpha value is -4.92. The average molecular weight is 1260 g/mol. The monoisotopic (exact) mass is 1260 g/mol. The van der Waals surface area contributed by atoms with Crippen molar-refractivity contribution in [1.29, 1.82) is 0 Å². The number of carbonyl (C=O) groups is 2. The molecule has 10 saturated carbocycles. The maximum absolute atomic E-state index is 16.3. The number of hydrogen-bond donors (Lipinski definition) is 5. The molecule has 11 fully saturated rings. The number of rotatable bonds is 3. The molecule has 94 heavy (non-hydrogen) atoms. The molecule has 22 rings (SSSR count). The summed E-state index contributed by atoms with van der Waals surface area (Å²) in [7, 11) is 2.01. The first-order valence-electron chi connectivity index (χ1n) is 38.0. The number of esters is 1. The summed E-state index contributed by atoms with van der Waals surface area (Å²) < 4.78 is 14.9. The van der Waals surface area contributed by atoms with Gasteiger partial charge in [-0.2, -0.15) is 0 Å². The van der Waals surface area contributed by atoms with Gasteiger partial charge in [-0.05, 0) is 301 Å². The maximum Gasteiger partial charge on any atom is 0.331 e. The van der Waals surface area contributed by atoms with Crippen LogP contribution >= 0.6 is 0 Å². The van der Waals surface area contributed by atoms with E-state index in [1.165, 1.54) is 58.9 Å². The lowest BCUT2D eigenvalue weighted by Gasteiger charge is -2.75. The zero-order valence-corrected chi connectivity index (χ0v) is 55.8. The van der Waals surface area contributed by atoms with Crippen molar-refractivity contribution in [3.05, 3.63) is 153 Å². The molecular weight excluding hydrogens is 1160 g/mol. The Balaban J connectivity index is 0.843. The number of aliphatic hydroxyl groups is 4. The third-order valence-corrected chi connectivity index (χ3v) is 31.9. The normalized spacial score (nSPS) is 47.9. The van der Waals surface area contributed by atoms with Gasteiger partial charge in [0.05, 0.1) is 35.4 Å². The Morgan fingerprint density at radius 3 is 2.26 bits per heavy atom. The van der Waals surface area contributed by atoms with Crippen molar-refractivity contribution in [2.75, 3.05) is 7.05 Å². The lowest BCUT2D eigenvalue weighted by molar-refractivity contribution is -0.371. The zero-order valence-electron chi connectivity index (χ0n) is 55.8. The van der Waals surface area contributed by atoms with Gasteiger partial charge in [-0.1, -0.05) is 104 Å². The van der Waals surface area contributed by atoms with Crippen LogP contribution in [0.4, 0.5) is 0 Å². The van der Waals surface area contributed by atoms with Crippen LogP contribution in [0.1, 0.15) is 198 Å². The minimum absolute atomic E-state index is 0.0192. The van der Waals surface area contributed by atoms with Crippen molar-refractivity contribution >= 4 is 12.3 Å². The van der Waals surface area contributed by atoms with E-state index in [0.717, 1.165) is 112 Å². The summed E-state index contributed by atoms with van der Waals surface area (Å²) in [4.78, 5) is 30.7. The minimum atomic E-state index is -1.78. The van der Waals surface area contributed by atoms with Crippen LogP contribution < -0.4 is 5.32 Å². The standard InChI is InChI=1S/C85H101NO8/c1-49-58-16-15-55(32-58)30-51-8-4-10-54(29-51)34-67-39-65-37-63-35-61-18-19-71(63)82(65)47-81(48-88)74-23-26-80-46-79(24-21-56(42-79)31-52-9-3-7-50(27-52)28-53-11-5-13-60(61)33-53)25-22-57-12-6-14-62(45-87)68(57)40-73(86-2)69-38-64(76(80)70-41-75(89)94-77(69)70)43-84(80,91)83(74,90)44-66-36-59(49)17-20-72(78(82)93-67)85(66,81)92/h3-14,27,29,33,41,48-49,55-56,58-59,61,63-67,69,71-74,76-78,86-87,90-92H,15-21,23-24,26,28,30-32,34-40,42-47H2,1-2H3/t49-,55-,56-,58-,59-,61+,63+,64-,65+,66-,67+,69-,71+,72-,73+,74-,76-,77+,78-,79-,80+,81+,82+,83+,84-,85+/m1/s1. The van der Waals surface area contributed by atoms with Crippen molar-refractivity contribution in [3.8, 4) is 11.8 Å². The minimum Gasteiger partial charge on any atom is -0.454 e. The summed E-state index contributed by atoms with van der Waals surface area (Å²) in [5.41, 5.74) is 3.75. The van der Waals surface area contributed by atoms with Gasteiger partial charge < -0.3 is 40.0 Å². The van der Waals surface area contributed by atoms with Gasteiger partial charge in [-0.25, -0.2) is 4.79 Å². The molecule has 18 aliphatic rings. The van der Waals surface area contributed by atoms with Gasteiger partial charge in [0.1, 0.15) is 18.0 Å². The zero-order chi connectivity index (χ0) is 63.5. The highest BCUT2D eigenvalue weighted by atomic mass is 16.5. The Labute approximate surface area is 557 Å². The molecular formula is C85H101NO8. The topological polar surface area (TPSA) is 146 Å². The fourth-order valence-corrected chi connectivity index (χ4v) is 28.7. The van der Waals surface area contributed by atoms with Crippen LogP contribution in [0.2, 0.25) is 0 Å². The number of nitrogens with one attached hydrogen (secondary N) is 1. The molecule has 0 aromatic heterocycles. The molecule has 9 nitrogen and oxygen atoms in total. The van der Waals surface area contributed by atoms with Crippen molar-refractivity contribution in [3.63, 3.8) is 0 Å². The Kier molecular flexibility index (Phi) is 13.8. The number of carbonyl (C=O) groups excluding carboxylic acids is 2. The summed E-state index contributed by atoms with van der Waals surface area (Å²) in [6.07, 6.45) is 23.9. The molecule has 1 saturated heterocycles. The predicted octanol–water partition coefficient (Wildman–Crippen LogP) is 13.3. The number of likely N-dealkylation sites (N-methyl/N-ethyl adjacent to an activating group) is 1. The second kappa shape index (κ2) is 21.5. The number of hydrogen-bond acceptors (Lipinski definition) is 9. The first-order chi connectivity index (χ1) is 45.6. The number of ether oxygens (including phenoxy) is 2. The number of fused-ring (bicyclic) bond motifs is 8. The highest BCUT2D eigenvalue weighted by Gasteiger charge is 2.86. The second-order valence-corrected chi connectivity index (χ2v) is 35.4. The molecule has 25 bridgehead atoms. The molecule has 3 spiro atoms. The number of aliphatic hydroxyl groups excluding tert-OH is 1. The van der Waals surface area contributed by atoms with Crippen LogP contribution in [0.15, 0.2) is 103 Å². The molecule has 26 atom stereocenters. The smallest absolute Gasteiger partial charge is 0.331 e. The fourth-order valence-electron chi connectivity index (χ4n) is 28.7. The van der Waals surface area contributed by atoms with E-state index in [2.05, 4.69) is 103 Å². The van der Waals surface area contributed by atoms with E-state index in [1.54, 1.807) is 0 Å². The molecule has 3 heterocycles. The highest BCUT2D eigenvalue weighted by molar-refractivity contribution is 5.86. The largest absolute Gasteiger partial charge is 0.454 e. The molecule has 15 aliphatic carbocycles. The molecule has 0 unspecified atom stereocenters. The van der Waals surface area contributed by atoms with Crippen molar-refractivity contribution in [2.45, 2.75) is 228 Å². The van der Waals surface area contributed by atoms with Gasteiger partial charge in [0.25, 0.3) is 0 Å². The van der Waals surface area contributed by atoms with E-state index in [1.807, 2.05) is 25.3 Å². The quantitative estimate of drug-likeness (QED) is 0.0769. The molecule has 4 aromatic rings.